The van der Waals surface area contributed by atoms with Crippen LogP contribution in [0.4, 0.5) is 5.00 Å². The van der Waals surface area contributed by atoms with Crippen LogP contribution in [0.5, 0.6) is 0 Å². The minimum absolute atomic E-state index is 0.00524. The molecule has 0 aliphatic rings. The summed E-state index contributed by atoms with van der Waals surface area (Å²) >= 11 is 12.6. The summed E-state index contributed by atoms with van der Waals surface area (Å²) in [6, 6.07) is 4.93. The molecule has 116 valence electrons. The smallest absolute Gasteiger partial charge is 0.362 e. The summed E-state index contributed by atoms with van der Waals surface area (Å²) in [7, 11) is 0. The fraction of sp³-hybridized carbons (Fsp3) is 0.231. The number of carbonyl (C=O) groups excluding carboxylic acids is 2. The number of amides is 1. The van der Waals surface area contributed by atoms with E-state index in [1.807, 2.05) is 0 Å². The van der Waals surface area contributed by atoms with Gasteiger partial charge in [-0.15, -0.1) is 5.10 Å². The van der Waals surface area contributed by atoms with Gasteiger partial charge in [-0.05, 0) is 24.6 Å². The van der Waals surface area contributed by atoms with Crippen molar-refractivity contribution >= 4 is 51.6 Å². The monoisotopic (exact) mass is 359 g/mol. The Morgan fingerprint density at radius 1 is 1.32 bits per heavy atom. The highest BCUT2D eigenvalue weighted by Crippen LogP contribution is 2.23. The first-order valence-corrected chi connectivity index (χ1v) is 7.77. The average molecular weight is 360 g/mol. The number of hydrogen-bond donors (Lipinski definition) is 1. The van der Waals surface area contributed by atoms with Crippen molar-refractivity contribution in [3.05, 3.63) is 39.5 Å². The Hall–Kier alpha value is -1.70. The van der Waals surface area contributed by atoms with Crippen LogP contribution in [-0.2, 0) is 16.0 Å². The number of benzene rings is 1. The third-order valence-corrected chi connectivity index (χ3v) is 3.94. The van der Waals surface area contributed by atoms with Crippen molar-refractivity contribution < 1.29 is 14.3 Å². The standard InChI is InChI=1S/C13H11Cl2N3O3S/c1-2-21-13(20)11-12(22-18-17-11)16-10(19)6-7-3-4-8(14)9(15)5-7/h3-5H,2,6H2,1H3,(H,16,19). The summed E-state index contributed by atoms with van der Waals surface area (Å²) < 4.78 is 8.49. The van der Waals surface area contributed by atoms with Gasteiger partial charge in [-0.2, -0.15) is 0 Å². The average Bonchev–Trinajstić information content (AvgIpc) is 2.91. The summed E-state index contributed by atoms with van der Waals surface area (Å²) in [5.74, 6) is -0.948. The number of nitrogens with zero attached hydrogens (tertiary/aromatic N) is 2. The van der Waals surface area contributed by atoms with E-state index in [1.165, 1.54) is 0 Å². The minimum Gasteiger partial charge on any atom is -0.461 e. The molecule has 2 aromatic rings. The highest BCUT2D eigenvalue weighted by atomic mass is 35.5. The molecule has 1 heterocycles. The molecule has 0 aliphatic carbocycles. The van der Waals surface area contributed by atoms with Gasteiger partial charge in [0.1, 0.15) is 0 Å². The van der Waals surface area contributed by atoms with Crippen LogP contribution >= 0.6 is 34.7 Å². The Balaban J connectivity index is 2.05. The zero-order valence-electron chi connectivity index (χ0n) is 11.4. The Morgan fingerprint density at radius 3 is 2.77 bits per heavy atom. The maximum atomic E-state index is 12.0. The van der Waals surface area contributed by atoms with Crippen molar-refractivity contribution in [2.75, 3.05) is 11.9 Å². The van der Waals surface area contributed by atoms with E-state index in [2.05, 4.69) is 14.9 Å². The van der Waals surface area contributed by atoms with E-state index in [-0.39, 0.29) is 29.6 Å². The van der Waals surface area contributed by atoms with E-state index in [1.54, 1.807) is 25.1 Å². The van der Waals surface area contributed by atoms with Crippen LogP contribution in [0.1, 0.15) is 23.0 Å². The summed E-state index contributed by atoms with van der Waals surface area (Å²) in [6.45, 7) is 1.90. The lowest BCUT2D eigenvalue weighted by Crippen LogP contribution is -2.16. The number of halogens is 2. The van der Waals surface area contributed by atoms with Gasteiger partial charge in [-0.1, -0.05) is 33.8 Å². The predicted octanol–water partition coefficient (Wildman–Crippen LogP) is 3.20. The molecule has 1 aromatic carbocycles. The molecule has 0 aliphatic heterocycles. The van der Waals surface area contributed by atoms with Crippen LogP contribution in [0.2, 0.25) is 10.0 Å². The molecule has 2 rings (SSSR count). The third kappa shape index (κ3) is 4.16. The van der Waals surface area contributed by atoms with Gasteiger partial charge >= 0.3 is 5.97 Å². The molecule has 22 heavy (non-hydrogen) atoms. The van der Waals surface area contributed by atoms with Crippen LogP contribution in [-0.4, -0.2) is 28.1 Å². The topological polar surface area (TPSA) is 81.2 Å². The van der Waals surface area contributed by atoms with E-state index in [0.29, 0.717) is 15.6 Å². The fourth-order valence-electron chi connectivity index (χ4n) is 1.61. The Bertz CT molecular complexity index is 706. The van der Waals surface area contributed by atoms with Crippen molar-refractivity contribution in [2.45, 2.75) is 13.3 Å². The summed E-state index contributed by atoms with van der Waals surface area (Å²) in [4.78, 5) is 23.7. The van der Waals surface area contributed by atoms with Crippen molar-refractivity contribution in [1.82, 2.24) is 9.59 Å². The van der Waals surface area contributed by atoms with Crippen LogP contribution in [0.25, 0.3) is 0 Å². The van der Waals surface area contributed by atoms with E-state index >= 15 is 0 Å². The second-order valence-corrected chi connectivity index (χ2v) is 5.71. The molecule has 1 aromatic heterocycles. The second kappa shape index (κ2) is 7.53. The second-order valence-electron chi connectivity index (χ2n) is 4.14. The van der Waals surface area contributed by atoms with E-state index in [9.17, 15) is 9.59 Å². The van der Waals surface area contributed by atoms with Crippen molar-refractivity contribution in [3.63, 3.8) is 0 Å². The highest BCUT2D eigenvalue weighted by molar-refractivity contribution is 7.10. The lowest BCUT2D eigenvalue weighted by molar-refractivity contribution is -0.115. The predicted molar refractivity (Wildman–Crippen MR) is 84.7 cm³/mol. The lowest BCUT2D eigenvalue weighted by Gasteiger charge is -2.05. The number of aromatic nitrogens is 2. The van der Waals surface area contributed by atoms with E-state index in [4.69, 9.17) is 27.9 Å². The van der Waals surface area contributed by atoms with Gasteiger partial charge < -0.3 is 10.1 Å². The molecule has 0 radical (unpaired) electrons. The summed E-state index contributed by atoms with van der Waals surface area (Å²) in [5, 5.41) is 7.30. The van der Waals surface area contributed by atoms with Crippen LogP contribution < -0.4 is 5.32 Å². The first kappa shape index (κ1) is 16.7. The van der Waals surface area contributed by atoms with Crippen molar-refractivity contribution in [1.29, 1.82) is 0 Å². The normalized spacial score (nSPS) is 10.3. The first-order valence-electron chi connectivity index (χ1n) is 6.24. The molecule has 0 fully saturated rings. The molecule has 6 nitrogen and oxygen atoms in total. The van der Waals surface area contributed by atoms with Gasteiger partial charge in [0, 0.05) is 11.5 Å². The number of rotatable bonds is 5. The number of nitrogens with one attached hydrogen (secondary N) is 1. The molecule has 1 N–H and O–H groups in total. The number of hydrogen-bond acceptors (Lipinski definition) is 6. The molecular formula is C13H11Cl2N3O3S. The Labute approximate surface area is 140 Å². The number of esters is 1. The maximum absolute atomic E-state index is 12.0. The van der Waals surface area contributed by atoms with Gasteiger partial charge in [0.25, 0.3) is 0 Å². The molecule has 0 bridgehead atoms. The van der Waals surface area contributed by atoms with Gasteiger partial charge in [-0.25, -0.2) is 4.79 Å². The fourth-order valence-corrected chi connectivity index (χ4v) is 2.51. The molecule has 0 saturated carbocycles. The summed E-state index contributed by atoms with van der Waals surface area (Å²) in [6.07, 6.45) is 0.0804. The van der Waals surface area contributed by atoms with Gasteiger partial charge in [0.15, 0.2) is 5.00 Å². The largest absolute Gasteiger partial charge is 0.461 e. The van der Waals surface area contributed by atoms with Crippen LogP contribution in [0, 0.1) is 0 Å². The molecule has 0 spiro atoms. The Morgan fingerprint density at radius 2 is 2.09 bits per heavy atom. The minimum atomic E-state index is -0.624. The van der Waals surface area contributed by atoms with E-state index < -0.39 is 5.97 Å². The molecule has 0 saturated heterocycles. The SMILES string of the molecule is CCOC(=O)c1nnsc1NC(=O)Cc1ccc(Cl)c(Cl)c1. The quantitative estimate of drug-likeness (QED) is 0.828. The van der Waals surface area contributed by atoms with Crippen LogP contribution in [0.15, 0.2) is 18.2 Å². The number of anilines is 1. The van der Waals surface area contributed by atoms with Crippen LogP contribution in [0.3, 0.4) is 0 Å². The molecule has 0 atom stereocenters. The first-order chi connectivity index (χ1) is 10.5. The number of carbonyl (C=O) groups is 2. The Kier molecular flexibility index (Phi) is 5.70. The number of ether oxygens (including phenoxy) is 1. The molecule has 1 amide bonds. The zero-order chi connectivity index (χ0) is 16.1. The zero-order valence-corrected chi connectivity index (χ0v) is 13.8. The van der Waals surface area contributed by atoms with Crippen molar-refractivity contribution in [2.24, 2.45) is 0 Å². The highest BCUT2D eigenvalue weighted by Gasteiger charge is 2.19. The van der Waals surface area contributed by atoms with Crippen molar-refractivity contribution in [3.8, 4) is 0 Å². The van der Waals surface area contributed by atoms with Gasteiger partial charge in [0.05, 0.1) is 23.1 Å². The molecular weight excluding hydrogens is 349 g/mol. The van der Waals surface area contributed by atoms with Gasteiger partial charge in [0.2, 0.25) is 11.6 Å². The van der Waals surface area contributed by atoms with E-state index in [0.717, 1.165) is 11.5 Å². The molecule has 0 unspecified atom stereocenters. The van der Waals surface area contributed by atoms with Gasteiger partial charge in [-0.3, -0.25) is 4.79 Å². The maximum Gasteiger partial charge on any atom is 0.362 e. The summed E-state index contributed by atoms with van der Waals surface area (Å²) in [5.41, 5.74) is 0.691. The molecule has 9 heteroatoms. The lowest BCUT2D eigenvalue weighted by atomic mass is 10.1. The third-order valence-electron chi connectivity index (χ3n) is 2.56.